The topological polar surface area (TPSA) is 97.9 Å². The third kappa shape index (κ3) is 4.25. The molecule has 0 bridgehead atoms. The van der Waals surface area contributed by atoms with Gasteiger partial charge in [0.2, 0.25) is 5.95 Å². The number of fused-ring (bicyclic) bond motifs is 2. The Bertz CT molecular complexity index is 1480. The fourth-order valence-electron chi connectivity index (χ4n) is 4.70. The predicted molar refractivity (Wildman–Crippen MR) is 137 cm³/mol. The Morgan fingerprint density at radius 3 is 2.74 bits per heavy atom. The van der Waals surface area contributed by atoms with Gasteiger partial charge in [0, 0.05) is 11.9 Å². The Kier molecular flexibility index (Phi) is 5.76. The number of allylic oxidation sites excluding steroid dienone is 1. The molecule has 8 nitrogen and oxygen atoms in total. The van der Waals surface area contributed by atoms with E-state index in [4.69, 9.17) is 4.98 Å². The predicted octanol–water partition coefficient (Wildman–Crippen LogP) is 4.26. The summed E-state index contributed by atoms with van der Waals surface area (Å²) in [4.78, 5) is 26.9. The van der Waals surface area contributed by atoms with Gasteiger partial charge in [-0.3, -0.25) is 4.79 Å². The Morgan fingerprint density at radius 1 is 1.20 bits per heavy atom. The highest BCUT2D eigenvalue weighted by molar-refractivity contribution is 5.77. The fourth-order valence-corrected chi connectivity index (χ4v) is 4.70. The molecule has 1 aromatic carbocycles. The van der Waals surface area contributed by atoms with E-state index in [2.05, 4.69) is 47.0 Å². The second-order valence-corrected chi connectivity index (χ2v) is 9.65. The molecule has 180 valence electrons. The van der Waals surface area contributed by atoms with Crippen LogP contribution in [0.3, 0.4) is 0 Å². The van der Waals surface area contributed by atoms with Gasteiger partial charge in [-0.1, -0.05) is 31.6 Å². The van der Waals surface area contributed by atoms with Crippen LogP contribution in [0.2, 0.25) is 0 Å². The first-order valence-corrected chi connectivity index (χ1v) is 12.0. The molecular weight excluding hydrogens is 440 g/mol. The summed E-state index contributed by atoms with van der Waals surface area (Å²) < 4.78 is 3.18. The van der Waals surface area contributed by atoms with Crippen molar-refractivity contribution in [3.8, 4) is 5.82 Å². The SMILES string of the molecule is C=CCn1c(=O)c2cnc(Nc3ccc4c(c3)CC(CC)C4)nc2n1-c1cccc(C(C)(C)O)n1. The lowest BCUT2D eigenvalue weighted by Crippen LogP contribution is -2.23. The molecule has 0 saturated carbocycles. The second kappa shape index (κ2) is 8.78. The lowest BCUT2D eigenvalue weighted by Gasteiger charge is -2.18. The molecule has 1 atom stereocenters. The van der Waals surface area contributed by atoms with Gasteiger partial charge < -0.3 is 10.4 Å². The molecule has 5 rings (SSSR count). The third-order valence-electron chi connectivity index (χ3n) is 6.61. The highest BCUT2D eigenvalue weighted by Gasteiger charge is 2.23. The Balaban J connectivity index is 1.59. The summed E-state index contributed by atoms with van der Waals surface area (Å²) in [5.74, 6) is 1.58. The first kappa shape index (κ1) is 23.0. The zero-order valence-electron chi connectivity index (χ0n) is 20.3. The number of aromatic nitrogens is 5. The number of nitrogens with one attached hydrogen (secondary N) is 1. The maximum atomic E-state index is 13.2. The minimum absolute atomic E-state index is 0.231. The minimum Gasteiger partial charge on any atom is -0.384 e. The Morgan fingerprint density at radius 2 is 2.00 bits per heavy atom. The van der Waals surface area contributed by atoms with Crippen molar-refractivity contribution in [2.24, 2.45) is 5.92 Å². The average Bonchev–Trinajstić information content (AvgIpc) is 3.37. The van der Waals surface area contributed by atoms with Crippen molar-refractivity contribution in [3.63, 3.8) is 0 Å². The molecule has 2 N–H and O–H groups in total. The first-order valence-electron chi connectivity index (χ1n) is 12.0. The zero-order valence-corrected chi connectivity index (χ0v) is 20.3. The standard InChI is InChI=1S/C27H30N6O2/c1-5-12-32-25(34)21-16-28-26(29-20-11-10-18-13-17(6-2)14-19(18)15-20)31-24(21)33(32)23-9-7-8-22(30-23)27(3,4)35/h5,7-11,15-17,35H,1,6,12-14H2,2-4H3,(H,28,29,31). The lowest BCUT2D eigenvalue weighted by molar-refractivity contribution is 0.0738. The summed E-state index contributed by atoms with van der Waals surface area (Å²) in [5, 5.41) is 14.2. The van der Waals surface area contributed by atoms with E-state index in [0.717, 1.165) is 18.5 Å². The van der Waals surface area contributed by atoms with Crippen molar-refractivity contribution in [1.82, 2.24) is 24.3 Å². The molecule has 0 radical (unpaired) electrons. The van der Waals surface area contributed by atoms with E-state index < -0.39 is 5.60 Å². The van der Waals surface area contributed by atoms with Crippen LogP contribution in [-0.4, -0.2) is 29.4 Å². The smallest absolute Gasteiger partial charge is 0.278 e. The van der Waals surface area contributed by atoms with Crippen molar-refractivity contribution < 1.29 is 5.11 Å². The maximum absolute atomic E-state index is 13.2. The van der Waals surface area contributed by atoms with Crippen LogP contribution in [0.1, 0.15) is 44.0 Å². The number of nitrogens with zero attached hydrogens (tertiary/aromatic N) is 5. The largest absolute Gasteiger partial charge is 0.384 e. The number of hydrogen-bond acceptors (Lipinski definition) is 6. The van der Waals surface area contributed by atoms with Crippen molar-refractivity contribution in [2.75, 3.05) is 5.32 Å². The Hall–Kier alpha value is -3.78. The fraction of sp³-hybridized carbons (Fsp3) is 0.333. The monoisotopic (exact) mass is 470 g/mol. The van der Waals surface area contributed by atoms with Gasteiger partial charge in [-0.2, -0.15) is 4.98 Å². The molecule has 1 aliphatic rings. The third-order valence-corrected chi connectivity index (χ3v) is 6.61. The molecule has 4 aromatic rings. The summed E-state index contributed by atoms with van der Waals surface area (Å²) in [6.45, 7) is 9.65. The van der Waals surface area contributed by atoms with Gasteiger partial charge in [0.25, 0.3) is 5.56 Å². The van der Waals surface area contributed by atoms with Crippen molar-refractivity contribution in [1.29, 1.82) is 0 Å². The molecule has 3 aromatic heterocycles. The van der Waals surface area contributed by atoms with Gasteiger partial charge in [-0.25, -0.2) is 19.3 Å². The summed E-state index contributed by atoms with van der Waals surface area (Å²) >= 11 is 0. The first-order chi connectivity index (χ1) is 16.8. The molecule has 1 unspecified atom stereocenters. The van der Waals surface area contributed by atoms with Gasteiger partial charge in [-0.15, -0.1) is 6.58 Å². The van der Waals surface area contributed by atoms with E-state index in [0.29, 0.717) is 34.4 Å². The quantitative estimate of drug-likeness (QED) is 0.392. The molecule has 1 aliphatic carbocycles. The Labute approximate surface area is 204 Å². The minimum atomic E-state index is -1.13. The molecule has 8 heteroatoms. The van der Waals surface area contributed by atoms with Gasteiger partial charge in [0.1, 0.15) is 11.0 Å². The zero-order chi connectivity index (χ0) is 24.7. The van der Waals surface area contributed by atoms with Crippen LogP contribution < -0.4 is 10.9 Å². The number of pyridine rings is 1. The second-order valence-electron chi connectivity index (χ2n) is 9.65. The van der Waals surface area contributed by atoms with E-state index in [-0.39, 0.29) is 12.1 Å². The van der Waals surface area contributed by atoms with E-state index in [1.807, 2.05) is 0 Å². The van der Waals surface area contributed by atoms with Crippen molar-refractivity contribution in [3.05, 3.63) is 82.4 Å². The number of aliphatic hydroxyl groups is 1. The van der Waals surface area contributed by atoms with Crippen LogP contribution in [0.15, 0.2) is 60.0 Å². The van der Waals surface area contributed by atoms with E-state index in [9.17, 15) is 9.90 Å². The molecule has 35 heavy (non-hydrogen) atoms. The van der Waals surface area contributed by atoms with E-state index in [1.165, 1.54) is 22.2 Å². The normalized spacial score (nSPS) is 15.4. The van der Waals surface area contributed by atoms with Crippen molar-refractivity contribution >= 4 is 22.7 Å². The van der Waals surface area contributed by atoms with E-state index in [1.54, 1.807) is 49.0 Å². The molecule has 0 saturated heterocycles. The van der Waals surface area contributed by atoms with Gasteiger partial charge >= 0.3 is 0 Å². The van der Waals surface area contributed by atoms with Crippen LogP contribution in [0.4, 0.5) is 11.6 Å². The molecule has 0 aliphatic heterocycles. The summed E-state index contributed by atoms with van der Waals surface area (Å²) in [6.07, 6.45) is 6.60. The number of benzene rings is 1. The molecule has 3 heterocycles. The van der Waals surface area contributed by atoms with Crippen LogP contribution >= 0.6 is 0 Å². The summed E-state index contributed by atoms with van der Waals surface area (Å²) in [7, 11) is 0. The van der Waals surface area contributed by atoms with Crippen LogP contribution in [-0.2, 0) is 25.0 Å². The maximum Gasteiger partial charge on any atom is 0.278 e. The molecule has 0 amide bonds. The average molecular weight is 471 g/mol. The number of rotatable bonds is 7. The van der Waals surface area contributed by atoms with E-state index >= 15 is 0 Å². The van der Waals surface area contributed by atoms with Gasteiger partial charge in [-0.05, 0) is 68.0 Å². The molecule has 0 fully saturated rings. The highest BCUT2D eigenvalue weighted by Crippen LogP contribution is 2.31. The van der Waals surface area contributed by atoms with Crippen LogP contribution in [0.5, 0.6) is 0 Å². The molecular formula is C27H30N6O2. The van der Waals surface area contributed by atoms with Crippen LogP contribution in [0, 0.1) is 5.92 Å². The number of hydrogen-bond donors (Lipinski definition) is 2. The van der Waals surface area contributed by atoms with Crippen LogP contribution in [0.25, 0.3) is 16.9 Å². The number of anilines is 2. The summed E-state index contributed by atoms with van der Waals surface area (Å²) in [6, 6.07) is 11.7. The van der Waals surface area contributed by atoms with Gasteiger partial charge in [0.15, 0.2) is 11.5 Å². The lowest BCUT2D eigenvalue weighted by atomic mass is 10.0. The van der Waals surface area contributed by atoms with Crippen molar-refractivity contribution in [2.45, 2.75) is 52.2 Å². The molecule has 0 spiro atoms. The van der Waals surface area contributed by atoms with Gasteiger partial charge in [0.05, 0.1) is 12.2 Å². The summed E-state index contributed by atoms with van der Waals surface area (Å²) in [5.41, 5.74) is 3.25. The highest BCUT2D eigenvalue weighted by atomic mass is 16.3.